The van der Waals surface area contributed by atoms with Crippen molar-refractivity contribution in [3.8, 4) is 0 Å². The average Bonchev–Trinajstić information content (AvgIpc) is 2.32. The summed E-state index contributed by atoms with van der Waals surface area (Å²) in [5.41, 5.74) is -2.77. The quantitative estimate of drug-likeness (QED) is 0.526. The Hall–Kier alpha value is -0.294. The molecule has 9 heteroatoms. The van der Waals surface area contributed by atoms with E-state index >= 15 is 0 Å². The standard InChI is InChI=1S/C16H22O7S.K.H/c1-15(2,3)9-7-8(13(17)18)12(24(21,22)23)11(16(4,5)6)10(9)14(19)20;;/h7H,1-6H3,(H,17,18)(H,19,20)(H,21,22,23);;. The second-order valence-corrected chi connectivity index (χ2v) is 8.99. The van der Waals surface area contributed by atoms with E-state index in [9.17, 15) is 32.8 Å². The molecule has 0 spiro atoms. The van der Waals surface area contributed by atoms with E-state index in [1.807, 2.05) is 0 Å². The molecule has 0 amide bonds. The summed E-state index contributed by atoms with van der Waals surface area (Å²) in [5.74, 6) is -2.94. The Kier molecular flexibility index (Phi) is 7.66. The van der Waals surface area contributed by atoms with Crippen molar-refractivity contribution in [1.82, 2.24) is 0 Å². The average molecular weight is 399 g/mol. The number of hydrogen-bond donors (Lipinski definition) is 3. The molecule has 3 N–H and O–H groups in total. The summed E-state index contributed by atoms with van der Waals surface area (Å²) in [6.45, 7) is 9.75. The van der Waals surface area contributed by atoms with Gasteiger partial charge in [0.1, 0.15) is 4.90 Å². The monoisotopic (exact) mass is 398 g/mol. The maximum absolute atomic E-state index is 11.9. The molecule has 1 rings (SSSR count). The van der Waals surface area contributed by atoms with Crippen LogP contribution in [0.25, 0.3) is 0 Å². The van der Waals surface area contributed by atoms with Crippen LogP contribution >= 0.6 is 0 Å². The maximum atomic E-state index is 11.9. The van der Waals surface area contributed by atoms with E-state index in [1.165, 1.54) is 0 Å². The van der Waals surface area contributed by atoms with Gasteiger partial charge in [0.25, 0.3) is 10.1 Å². The van der Waals surface area contributed by atoms with Crippen molar-refractivity contribution >= 4 is 73.4 Å². The molecule has 0 fully saturated rings. The molecule has 0 saturated heterocycles. The molecule has 0 aliphatic heterocycles. The van der Waals surface area contributed by atoms with Crippen LogP contribution in [0.2, 0.25) is 0 Å². The number of carboxylic acid groups (broad SMARTS) is 2. The molecule has 0 aliphatic carbocycles. The summed E-state index contributed by atoms with van der Waals surface area (Å²) < 4.78 is 33.3. The molecule has 0 radical (unpaired) electrons. The molecule has 0 heterocycles. The van der Waals surface area contributed by atoms with Crippen LogP contribution in [0, 0.1) is 0 Å². The number of hydrogen-bond acceptors (Lipinski definition) is 4. The SMILES string of the molecule is CC(C)(C)c1cc(C(=O)O)c(S(=O)(=O)O)c(C(C)(C)C)c1C(=O)O.[KH]. The Morgan fingerprint density at radius 3 is 1.60 bits per heavy atom. The zero-order valence-electron chi connectivity index (χ0n) is 14.5. The fraction of sp³-hybridized carbons (Fsp3) is 0.500. The number of aromatic carboxylic acids is 2. The van der Waals surface area contributed by atoms with Crippen LogP contribution in [0.1, 0.15) is 73.4 Å². The third-order valence-corrected chi connectivity index (χ3v) is 4.48. The van der Waals surface area contributed by atoms with Gasteiger partial charge in [-0.3, -0.25) is 4.55 Å². The van der Waals surface area contributed by atoms with E-state index in [4.69, 9.17) is 0 Å². The molecule has 0 aliphatic rings. The van der Waals surface area contributed by atoms with Gasteiger partial charge in [0, 0.05) is 0 Å². The topological polar surface area (TPSA) is 129 Å². The van der Waals surface area contributed by atoms with Gasteiger partial charge < -0.3 is 10.2 Å². The van der Waals surface area contributed by atoms with Gasteiger partial charge in [-0.25, -0.2) is 9.59 Å². The van der Waals surface area contributed by atoms with Crippen molar-refractivity contribution in [2.24, 2.45) is 0 Å². The van der Waals surface area contributed by atoms with Gasteiger partial charge in [-0.15, -0.1) is 0 Å². The molecule has 1 aromatic rings. The molecule has 0 aromatic heterocycles. The first-order chi connectivity index (χ1) is 10.5. The molecule has 0 saturated carbocycles. The van der Waals surface area contributed by atoms with Crippen molar-refractivity contribution in [2.45, 2.75) is 57.3 Å². The summed E-state index contributed by atoms with van der Waals surface area (Å²) in [6, 6.07) is 1.02. The normalized spacial score (nSPS) is 12.4. The van der Waals surface area contributed by atoms with E-state index in [0.717, 1.165) is 6.07 Å². The Morgan fingerprint density at radius 1 is 0.920 bits per heavy atom. The van der Waals surface area contributed by atoms with Crippen molar-refractivity contribution in [1.29, 1.82) is 0 Å². The minimum absolute atomic E-state index is 0. The molecule has 0 atom stereocenters. The van der Waals surface area contributed by atoms with Gasteiger partial charge in [0.05, 0.1) is 11.1 Å². The van der Waals surface area contributed by atoms with Crippen molar-refractivity contribution < 1.29 is 32.8 Å². The fourth-order valence-electron chi connectivity index (χ4n) is 2.62. The van der Waals surface area contributed by atoms with Crippen LogP contribution in [0.15, 0.2) is 11.0 Å². The van der Waals surface area contributed by atoms with Crippen molar-refractivity contribution in [3.63, 3.8) is 0 Å². The number of carbonyl (C=O) groups is 2. The van der Waals surface area contributed by atoms with E-state index in [2.05, 4.69) is 0 Å². The van der Waals surface area contributed by atoms with Crippen LogP contribution in [0.5, 0.6) is 0 Å². The van der Waals surface area contributed by atoms with Crippen LogP contribution in [-0.2, 0) is 20.9 Å². The van der Waals surface area contributed by atoms with E-state index in [0.29, 0.717) is 0 Å². The molecule has 7 nitrogen and oxygen atoms in total. The van der Waals surface area contributed by atoms with Crippen LogP contribution in [0.4, 0.5) is 0 Å². The van der Waals surface area contributed by atoms with E-state index in [1.54, 1.807) is 41.5 Å². The summed E-state index contributed by atoms with van der Waals surface area (Å²) in [5, 5.41) is 19.1. The molecule has 136 valence electrons. The second-order valence-electron chi connectivity index (χ2n) is 7.64. The van der Waals surface area contributed by atoms with Gasteiger partial charge in [-0.05, 0) is 28.0 Å². The Bertz CT molecular complexity index is 812. The van der Waals surface area contributed by atoms with Gasteiger partial charge in [-0.2, -0.15) is 8.42 Å². The second kappa shape index (κ2) is 7.75. The first kappa shape index (κ1) is 24.7. The molecule has 0 unspecified atom stereocenters. The fourth-order valence-corrected chi connectivity index (χ4v) is 3.71. The molecular weight excluding hydrogens is 375 g/mol. The number of benzene rings is 1. The van der Waals surface area contributed by atoms with Crippen LogP contribution in [0.3, 0.4) is 0 Å². The zero-order chi connectivity index (χ0) is 19.2. The van der Waals surface area contributed by atoms with Crippen molar-refractivity contribution in [3.05, 3.63) is 28.3 Å². The summed E-state index contributed by atoms with van der Waals surface area (Å²) in [7, 11) is -4.95. The van der Waals surface area contributed by atoms with E-state index in [-0.39, 0.29) is 68.1 Å². The molecular formula is C16H23KO7S. The van der Waals surface area contributed by atoms with Gasteiger partial charge in [0.2, 0.25) is 0 Å². The van der Waals surface area contributed by atoms with Gasteiger partial charge >= 0.3 is 63.3 Å². The van der Waals surface area contributed by atoms with Gasteiger partial charge in [-0.1, -0.05) is 41.5 Å². The Labute approximate surface area is 190 Å². The molecule has 1 aromatic carbocycles. The Morgan fingerprint density at radius 2 is 1.36 bits per heavy atom. The predicted molar refractivity (Wildman–Crippen MR) is 94.7 cm³/mol. The Balaban J connectivity index is 0.00000576. The summed E-state index contributed by atoms with van der Waals surface area (Å²) in [4.78, 5) is 22.6. The van der Waals surface area contributed by atoms with E-state index < -0.39 is 43.3 Å². The van der Waals surface area contributed by atoms with Crippen LogP contribution < -0.4 is 0 Å². The first-order valence-corrected chi connectivity index (χ1v) is 8.59. The third-order valence-electron chi connectivity index (χ3n) is 3.54. The number of carboxylic acids is 2. The summed E-state index contributed by atoms with van der Waals surface area (Å²) >= 11 is 0. The van der Waals surface area contributed by atoms with Crippen molar-refractivity contribution in [2.75, 3.05) is 0 Å². The molecule has 25 heavy (non-hydrogen) atoms. The zero-order valence-corrected chi connectivity index (χ0v) is 15.3. The van der Waals surface area contributed by atoms with Gasteiger partial charge in [0.15, 0.2) is 0 Å². The first-order valence-electron chi connectivity index (χ1n) is 7.15. The van der Waals surface area contributed by atoms with Crippen LogP contribution in [-0.4, -0.2) is 86.5 Å². The third kappa shape index (κ3) is 5.35. The minimum atomic E-state index is -4.95. The number of rotatable bonds is 3. The summed E-state index contributed by atoms with van der Waals surface area (Å²) in [6.07, 6.45) is 0. The predicted octanol–water partition coefficient (Wildman–Crippen LogP) is 2.28. The molecule has 0 bridgehead atoms.